The summed E-state index contributed by atoms with van der Waals surface area (Å²) in [5.74, 6) is 0.136. The van der Waals surface area contributed by atoms with Gasteiger partial charge in [0, 0.05) is 31.9 Å². The third-order valence-electron chi connectivity index (χ3n) is 4.49. The van der Waals surface area contributed by atoms with E-state index in [0.717, 1.165) is 38.0 Å². The van der Waals surface area contributed by atoms with E-state index < -0.39 is 0 Å². The number of nitrogens with one attached hydrogen (secondary N) is 2. The fraction of sp³-hybridized carbons (Fsp3) is 0.611. The first-order valence-corrected chi connectivity index (χ1v) is 8.63. The van der Waals surface area contributed by atoms with Gasteiger partial charge in [-0.1, -0.05) is 6.07 Å². The molecule has 1 aliphatic carbocycles. The van der Waals surface area contributed by atoms with Gasteiger partial charge >= 0.3 is 6.03 Å². The number of ether oxygens (including phenoxy) is 1. The van der Waals surface area contributed by atoms with Gasteiger partial charge in [0.2, 0.25) is 0 Å². The molecule has 5 nitrogen and oxygen atoms in total. The minimum atomic E-state index is -0.305. The Morgan fingerprint density at radius 1 is 1.42 bits per heavy atom. The van der Waals surface area contributed by atoms with Crippen molar-refractivity contribution < 1.29 is 13.9 Å². The minimum Gasteiger partial charge on any atom is -0.373 e. The van der Waals surface area contributed by atoms with Crippen LogP contribution in [0.5, 0.6) is 0 Å². The molecule has 1 saturated carbocycles. The number of nitrogens with zero attached hydrogens (tertiary/aromatic N) is 1. The molecule has 24 heavy (non-hydrogen) atoms. The number of amides is 2. The Bertz CT molecular complexity index is 602. The summed E-state index contributed by atoms with van der Waals surface area (Å²) < 4.78 is 19.6. The standard InChI is InChI=1S/C18H26FN3O2/c1-18(2)12-22(9-10-24-18)8-7-20-17(23)21-14-5-6-15(13-3-4-13)16(19)11-14/h5-6,11,13H,3-4,7-10,12H2,1-2H3,(H2,20,21,23). The third-order valence-corrected chi connectivity index (χ3v) is 4.49. The predicted molar refractivity (Wildman–Crippen MR) is 91.9 cm³/mol. The first-order chi connectivity index (χ1) is 11.4. The van der Waals surface area contributed by atoms with Crippen LogP contribution in [0.3, 0.4) is 0 Å². The molecule has 2 aliphatic rings. The molecule has 1 aromatic rings. The zero-order valence-electron chi connectivity index (χ0n) is 14.4. The minimum absolute atomic E-state index is 0.138. The Morgan fingerprint density at radius 3 is 2.88 bits per heavy atom. The van der Waals surface area contributed by atoms with Crippen LogP contribution in [0.1, 0.15) is 38.2 Å². The molecule has 6 heteroatoms. The molecule has 0 spiro atoms. The van der Waals surface area contributed by atoms with Gasteiger partial charge < -0.3 is 15.4 Å². The number of urea groups is 1. The van der Waals surface area contributed by atoms with Crippen molar-refractivity contribution in [2.45, 2.75) is 38.2 Å². The summed E-state index contributed by atoms with van der Waals surface area (Å²) in [6.07, 6.45) is 2.12. The van der Waals surface area contributed by atoms with E-state index in [1.807, 2.05) is 0 Å². The molecule has 2 amide bonds. The Balaban J connectivity index is 1.42. The third kappa shape index (κ3) is 4.68. The molecule has 1 saturated heterocycles. The maximum atomic E-state index is 14.0. The molecule has 0 bridgehead atoms. The van der Waals surface area contributed by atoms with Crippen LogP contribution in [0.2, 0.25) is 0 Å². The van der Waals surface area contributed by atoms with Crippen molar-refractivity contribution in [1.29, 1.82) is 0 Å². The molecular formula is C18H26FN3O2. The lowest BCUT2D eigenvalue weighted by Crippen LogP contribution is -2.50. The molecule has 0 aromatic heterocycles. The van der Waals surface area contributed by atoms with Gasteiger partial charge in [0.1, 0.15) is 5.82 Å². The molecule has 2 fully saturated rings. The van der Waals surface area contributed by atoms with E-state index in [-0.39, 0.29) is 17.4 Å². The molecule has 2 N–H and O–H groups in total. The lowest BCUT2D eigenvalue weighted by atomic mass is 10.1. The molecule has 0 radical (unpaired) electrons. The quantitative estimate of drug-likeness (QED) is 0.870. The van der Waals surface area contributed by atoms with E-state index in [2.05, 4.69) is 29.4 Å². The van der Waals surface area contributed by atoms with Crippen molar-refractivity contribution in [3.05, 3.63) is 29.6 Å². The van der Waals surface area contributed by atoms with E-state index in [9.17, 15) is 9.18 Å². The van der Waals surface area contributed by atoms with Crippen molar-refractivity contribution in [1.82, 2.24) is 10.2 Å². The second kappa shape index (κ2) is 7.07. The van der Waals surface area contributed by atoms with E-state index in [1.54, 1.807) is 12.1 Å². The Labute approximate surface area is 142 Å². The van der Waals surface area contributed by atoms with Crippen LogP contribution in [0.15, 0.2) is 18.2 Å². The predicted octanol–water partition coefficient (Wildman–Crippen LogP) is 2.94. The second-order valence-electron chi connectivity index (χ2n) is 7.28. The lowest BCUT2D eigenvalue weighted by Gasteiger charge is -2.38. The highest BCUT2D eigenvalue weighted by Crippen LogP contribution is 2.41. The van der Waals surface area contributed by atoms with Crippen molar-refractivity contribution in [2.24, 2.45) is 0 Å². The molecule has 132 valence electrons. The van der Waals surface area contributed by atoms with Crippen LogP contribution < -0.4 is 10.6 Å². The van der Waals surface area contributed by atoms with Gasteiger partial charge in [0.05, 0.1) is 12.2 Å². The maximum Gasteiger partial charge on any atom is 0.319 e. The summed E-state index contributed by atoms with van der Waals surface area (Å²) in [4.78, 5) is 14.2. The van der Waals surface area contributed by atoms with Crippen LogP contribution in [-0.4, -0.2) is 49.3 Å². The molecule has 0 unspecified atom stereocenters. The first-order valence-electron chi connectivity index (χ1n) is 8.63. The van der Waals surface area contributed by atoms with Crippen molar-refractivity contribution >= 4 is 11.7 Å². The van der Waals surface area contributed by atoms with Crippen molar-refractivity contribution in [3.8, 4) is 0 Å². The van der Waals surface area contributed by atoms with Crippen LogP contribution in [0.25, 0.3) is 0 Å². The molecule has 1 heterocycles. The Kier molecular flexibility index (Phi) is 5.06. The van der Waals surface area contributed by atoms with E-state index >= 15 is 0 Å². The number of carbonyl (C=O) groups is 1. The van der Waals surface area contributed by atoms with Gasteiger partial charge in [-0.05, 0) is 50.3 Å². The van der Waals surface area contributed by atoms with Crippen LogP contribution in [0, 0.1) is 5.82 Å². The Hall–Kier alpha value is -1.66. The number of rotatable bonds is 5. The topological polar surface area (TPSA) is 53.6 Å². The zero-order chi connectivity index (χ0) is 17.2. The first kappa shape index (κ1) is 17.2. The van der Waals surface area contributed by atoms with E-state index in [0.29, 0.717) is 24.8 Å². The highest BCUT2D eigenvalue weighted by atomic mass is 19.1. The molecular weight excluding hydrogens is 309 g/mol. The SMILES string of the molecule is CC1(C)CN(CCNC(=O)Nc2ccc(C3CC3)c(F)c2)CCO1. The van der Waals surface area contributed by atoms with Crippen molar-refractivity contribution in [2.75, 3.05) is 38.1 Å². The molecule has 0 atom stereocenters. The smallest absolute Gasteiger partial charge is 0.319 e. The largest absolute Gasteiger partial charge is 0.373 e. The van der Waals surface area contributed by atoms with Crippen LogP contribution in [-0.2, 0) is 4.74 Å². The number of morpholine rings is 1. The normalized spacial score (nSPS) is 20.6. The molecule has 1 aromatic carbocycles. The zero-order valence-corrected chi connectivity index (χ0v) is 14.4. The number of hydrogen-bond acceptors (Lipinski definition) is 3. The van der Waals surface area contributed by atoms with Crippen LogP contribution >= 0.6 is 0 Å². The van der Waals surface area contributed by atoms with Gasteiger partial charge in [-0.2, -0.15) is 0 Å². The number of hydrogen-bond donors (Lipinski definition) is 2. The summed E-state index contributed by atoms with van der Waals surface area (Å²) >= 11 is 0. The van der Waals surface area contributed by atoms with E-state index in [4.69, 9.17) is 4.74 Å². The number of benzene rings is 1. The van der Waals surface area contributed by atoms with Gasteiger partial charge in [-0.3, -0.25) is 4.90 Å². The number of halogens is 1. The summed E-state index contributed by atoms with van der Waals surface area (Å²) in [5, 5.41) is 5.51. The lowest BCUT2D eigenvalue weighted by molar-refractivity contribution is -0.0852. The average molecular weight is 335 g/mol. The molecule has 3 rings (SSSR count). The maximum absolute atomic E-state index is 14.0. The van der Waals surface area contributed by atoms with Crippen LogP contribution in [0.4, 0.5) is 14.9 Å². The second-order valence-corrected chi connectivity index (χ2v) is 7.28. The summed E-state index contributed by atoms with van der Waals surface area (Å²) in [6.45, 7) is 7.90. The fourth-order valence-electron chi connectivity index (χ4n) is 3.14. The Morgan fingerprint density at radius 2 is 2.21 bits per heavy atom. The van der Waals surface area contributed by atoms with Gasteiger partial charge in [-0.15, -0.1) is 0 Å². The fourth-order valence-corrected chi connectivity index (χ4v) is 3.14. The summed E-state index contributed by atoms with van der Waals surface area (Å²) in [7, 11) is 0. The van der Waals surface area contributed by atoms with Gasteiger partial charge in [0.15, 0.2) is 0 Å². The summed E-state index contributed by atoms with van der Waals surface area (Å²) in [5.41, 5.74) is 1.11. The molecule has 1 aliphatic heterocycles. The van der Waals surface area contributed by atoms with E-state index in [1.165, 1.54) is 6.07 Å². The monoisotopic (exact) mass is 335 g/mol. The average Bonchev–Trinajstić information content (AvgIpc) is 3.31. The number of carbonyl (C=O) groups excluding carboxylic acids is 1. The van der Waals surface area contributed by atoms with Gasteiger partial charge in [-0.25, -0.2) is 9.18 Å². The van der Waals surface area contributed by atoms with Gasteiger partial charge in [0.25, 0.3) is 0 Å². The van der Waals surface area contributed by atoms with Crippen molar-refractivity contribution in [3.63, 3.8) is 0 Å². The highest BCUT2D eigenvalue weighted by molar-refractivity contribution is 5.89. The highest BCUT2D eigenvalue weighted by Gasteiger charge is 2.27. The summed E-state index contributed by atoms with van der Waals surface area (Å²) in [6, 6.07) is 4.64. The number of anilines is 1.